The number of halogens is 1. The molecule has 2 N–H and O–H groups in total. The molecule has 2 aromatic carbocycles. The fraction of sp³-hybridized carbons (Fsp3) is 0.273. The molecule has 0 aliphatic carbocycles. The van der Waals surface area contributed by atoms with Crippen molar-refractivity contribution < 1.29 is 9.53 Å². The van der Waals surface area contributed by atoms with E-state index in [2.05, 4.69) is 22.8 Å². The number of rotatable bonds is 6. The maximum Gasteiger partial charge on any atom is 0.255 e. The summed E-state index contributed by atoms with van der Waals surface area (Å²) in [7, 11) is 1.64. The van der Waals surface area contributed by atoms with E-state index in [1.54, 1.807) is 7.11 Å². The molecular weight excluding hydrogens is 388 g/mol. The first-order valence-corrected chi connectivity index (χ1v) is 9.50. The number of hydrogen-bond acceptors (Lipinski definition) is 4. The van der Waals surface area contributed by atoms with Crippen LogP contribution in [0.4, 0.5) is 0 Å². The molecule has 1 amide bonds. The van der Waals surface area contributed by atoms with Crippen LogP contribution in [0, 0.1) is 0 Å². The highest BCUT2D eigenvalue weighted by molar-refractivity contribution is 6.00. The average molecular weight is 413 g/mol. The minimum atomic E-state index is -0.0844. The van der Waals surface area contributed by atoms with Gasteiger partial charge in [-0.3, -0.25) is 9.48 Å². The molecule has 7 heteroatoms. The van der Waals surface area contributed by atoms with Gasteiger partial charge in [-0.2, -0.15) is 5.10 Å². The highest BCUT2D eigenvalue weighted by atomic mass is 35.5. The number of methoxy groups -OCH3 is 1. The van der Waals surface area contributed by atoms with Crippen molar-refractivity contribution in [3.8, 4) is 17.0 Å². The third kappa shape index (κ3) is 4.96. The number of nitrogens with one attached hydrogen (secondary N) is 2. The zero-order chi connectivity index (χ0) is 19.3. The molecule has 1 aliphatic heterocycles. The lowest BCUT2D eigenvalue weighted by Gasteiger charge is -2.11. The van der Waals surface area contributed by atoms with Crippen LogP contribution in [0.15, 0.2) is 60.8 Å². The van der Waals surface area contributed by atoms with E-state index in [-0.39, 0.29) is 24.4 Å². The highest BCUT2D eigenvalue weighted by Crippen LogP contribution is 2.25. The summed E-state index contributed by atoms with van der Waals surface area (Å²) in [5, 5.41) is 11.1. The minimum Gasteiger partial charge on any atom is -0.497 e. The molecule has 1 atom stereocenters. The third-order valence-corrected chi connectivity index (χ3v) is 4.95. The van der Waals surface area contributed by atoms with Gasteiger partial charge in [-0.15, -0.1) is 12.4 Å². The summed E-state index contributed by atoms with van der Waals surface area (Å²) >= 11 is 0. The third-order valence-electron chi connectivity index (χ3n) is 4.95. The fourth-order valence-electron chi connectivity index (χ4n) is 3.44. The summed E-state index contributed by atoms with van der Waals surface area (Å²) in [6, 6.07) is 17.9. The molecule has 4 rings (SSSR count). The molecular formula is C22H25ClN4O2. The number of amides is 1. The van der Waals surface area contributed by atoms with Gasteiger partial charge < -0.3 is 15.4 Å². The van der Waals surface area contributed by atoms with E-state index in [1.807, 2.05) is 53.3 Å². The van der Waals surface area contributed by atoms with E-state index < -0.39 is 0 Å². The van der Waals surface area contributed by atoms with Crippen LogP contribution in [0.2, 0.25) is 0 Å². The average Bonchev–Trinajstić information content (AvgIpc) is 3.39. The van der Waals surface area contributed by atoms with Crippen molar-refractivity contribution in [1.82, 2.24) is 20.4 Å². The van der Waals surface area contributed by atoms with Crippen LogP contribution in [-0.4, -0.2) is 41.9 Å². The fourth-order valence-corrected chi connectivity index (χ4v) is 3.44. The number of ether oxygens (including phenoxy) is 1. The van der Waals surface area contributed by atoms with Gasteiger partial charge in [-0.05, 0) is 42.8 Å². The van der Waals surface area contributed by atoms with Gasteiger partial charge in [0.2, 0.25) is 0 Å². The number of carbonyl (C=O) groups is 1. The Kier molecular flexibility index (Phi) is 6.90. The van der Waals surface area contributed by atoms with E-state index in [4.69, 9.17) is 9.84 Å². The first-order chi connectivity index (χ1) is 13.7. The predicted octanol–water partition coefficient (Wildman–Crippen LogP) is 3.12. The SMILES string of the molecule is COc1ccc(-c2nn(Cc3ccccc3)cc2C(=O)NC2CCNC2)cc1.Cl. The van der Waals surface area contributed by atoms with Crippen molar-refractivity contribution in [2.24, 2.45) is 0 Å². The second-order valence-corrected chi connectivity index (χ2v) is 6.97. The van der Waals surface area contributed by atoms with Gasteiger partial charge in [0.25, 0.3) is 5.91 Å². The summed E-state index contributed by atoms with van der Waals surface area (Å²) in [5.41, 5.74) is 3.30. The monoisotopic (exact) mass is 412 g/mol. The van der Waals surface area contributed by atoms with Crippen LogP contribution in [0.25, 0.3) is 11.3 Å². The molecule has 1 saturated heterocycles. The number of nitrogens with zero attached hydrogens (tertiary/aromatic N) is 2. The molecule has 29 heavy (non-hydrogen) atoms. The minimum absolute atomic E-state index is 0. The maximum absolute atomic E-state index is 13.0. The quantitative estimate of drug-likeness (QED) is 0.652. The Morgan fingerprint density at radius 1 is 1.21 bits per heavy atom. The Bertz CT molecular complexity index is 935. The Morgan fingerprint density at radius 2 is 1.97 bits per heavy atom. The van der Waals surface area contributed by atoms with Crippen LogP contribution in [0.1, 0.15) is 22.3 Å². The normalized spacial score (nSPS) is 15.6. The first kappa shape index (κ1) is 20.9. The lowest BCUT2D eigenvalue weighted by molar-refractivity contribution is 0.0940. The molecule has 0 radical (unpaired) electrons. The first-order valence-electron chi connectivity index (χ1n) is 9.50. The highest BCUT2D eigenvalue weighted by Gasteiger charge is 2.22. The summed E-state index contributed by atoms with van der Waals surface area (Å²) in [4.78, 5) is 13.0. The molecule has 1 aliphatic rings. The maximum atomic E-state index is 13.0. The van der Waals surface area contributed by atoms with E-state index in [0.717, 1.165) is 36.4 Å². The molecule has 3 aromatic rings. The van der Waals surface area contributed by atoms with Crippen molar-refractivity contribution in [2.45, 2.75) is 19.0 Å². The van der Waals surface area contributed by atoms with E-state index in [0.29, 0.717) is 17.8 Å². The molecule has 1 fully saturated rings. The van der Waals surface area contributed by atoms with Crippen LogP contribution in [0.5, 0.6) is 5.75 Å². The Balaban J connectivity index is 0.00000240. The summed E-state index contributed by atoms with van der Waals surface area (Å²) in [5.74, 6) is 0.689. The van der Waals surface area contributed by atoms with Crippen molar-refractivity contribution in [3.63, 3.8) is 0 Å². The standard InChI is InChI=1S/C22H24N4O2.ClH/c1-28-19-9-7-17(8-10-19)21-20(22(27)24-18-11-12-23-13-18)15-26(25-21)14-16-5-3-2-4-6-16;/h2-10,15,18,23H,11-14H2,1H3,(H,24,27);1H. The van der Waals surface area contributed by atoms with Gasteiger partial charge >= 0.3 is 0 Å². The Labute approximate surface area is 176 Å². The molecule has 2 heterocycles. The topological polar surface area (TPSA) is 68.2 Å². The van der Waals surface area contributed by atoms with E-state index >= 15 is 0 Å². The van der Waals surface area contributed by atoms with Gasteiger partial charge in [0, 0.05) is 24.3 Å². The van der Waals surface area contributed by atoms with Gasteiger partial charge in [0.05, 0.1) is 19.2 Å². The molecule has 0 bridgehead atoms. The van der Waals surface area contributed by atoms with Gasteiger partial charge in [-0.1, -0.05) is 30.3 Å². The van der Waals surface area contributed by atoms with Crippen LogP contribution >= 0.6 is 12.4 Å². The summed E-state index contributed by atoms with van der Waals surface area (Å²) in [6.07, 6.45) is 2.78. The number of benzene rings is 2. The lowest BCUT2D eigenvalue weighted by atomic mass is 10.1. The van der Waals surface area contributed by atoms with Crippen molar-refractivity contribution in [3.05, 3.63) is 71.9 Å². The van der Waals surface area contributed by atoms with Crippen LogP contribution in [-0.2, 0) is 6.54 Å². The van der Waals surface area contributed by atoms with Gasteiger partial charge in [0.15, 0.2) is 0 Å². The number of aromatic nitrogens is 2. The second kappa shape index (κ2) is 9.58. The second-order valence-electron chi connectivity index (χ2n) is 6.97. The number of hydrogen-bond donors (Lipinski definition) is 2. The Hall–Kier alpha value is -2.83. The lowest BCUT2D eigenvalue weighted by Crippen LogP contribution is -2.36. The van der Waals surface area contributed by atoms with Crippen LogP contribution in [0.3, 0.4) is 0 Å². The molecule has 1 unspecified atom stereocenters. The molecule has 0 spiro atoms. The summed E-state index contributed by atoms with van der Waals surface area (Å²) in [6.45, 7) is 2.35. The zero-order valence-corrected chi connectivity index (χ0v) is 17.1. The van der Waals surface area contributed by atoms with E-state index in [9.17, 15) is 4.79 Å². The number of carbonyl (C=O) groups excluding carboxylic acids is 1. The molecule has 6 nitrogen and oxygen atoms in total. The molecule has 1 aromatic heterocycles. The smallest absolute Gasteiger partial charge is 0.255 e. The molecule has 152 valence electrons. The van der Waals surface area contributed by atoms with Crippen LogP contribution < -0.4 is 15.4 Å². The zero-order valence-electron chi connectivity index (χ0n) is 16.3. The van der Waals surface area contributed by atoms with E-state index in [1.165, 1.54) is 0 Å². The molecule has 0 saturated carbocycles. The van der Waals surface area contributed by atoms with Gasteiger partial charge in [0.1, 0.15) is 11.4 Å². The van der Waals surface area contributed by atoms with Crippen molar-refractivity contribution in [2.75, 3.05) is 20.2 Å². The van der Waals surface area contributed by atoms with Gasteiger partial charge in [-0.25, -0.2) is 0 Å². The van der Waals surface area contributed by atoms with Crippen molar-refractivity contribution >= 4 is 18.3 Å². The predicted molar refractivity (Wildman–Crippen MR) is 116 cm³/mol. The Morgan fingerprint density at radius 3 is 2.62 bits per heavy atom. The summed E-state index contributed by atoms with van der Waals surface area (Å²) < 4.78 is 7.07. The van der Waals surface area contributed by atoms with Crippen molar-refractivity contribution in [1.29, 1.82) is 0 Å². The largest absolute Gasteiger partial charge is 0.497 e.